The molecule has 0 fully saturated rings. The van der Waals surface area contributed by atoms with Gasteiger partial charge in [-0.3, -0.25) is 9.59 Å². The van der Waals surface area contributed by atoms with Crippen molar-refractivity contribution in [1.29, 1.82) is 0 Å². The van der Waals surface area contributed by atoms with Crippen LogP contribution < -0.4 is 21.7 Å². The predicted molar refractivity (Wildman–Crippen MR) is 87.4 cm³/mol. The summed E-state index contributed by atoms with van der Waals surface area (Å²) < 4.78 is 0. The van der Waals surface area contributed by atoms with E-state index in [0.29, 0.717) is 12.2 Å². The van der Waals surface area contributed by atoms with Gasteiger partial charge in [-0.05, 0) is 36.5 Å². The summed E-state index contributed by atoms with van der Waals surface area (Å²) in [7, 11) is 0. The number of benzene rings is 1. The zero-order chi connectivity index (χ0) is 16.3. The number of anilines is 2. The van der Waals surface area contributed by atoms with Crippen LogP contribution in [0.3, 0.4) is 0 Å². The molecule has 22 heavy (non-hydrogen) atoms. The molecular formula is C16H24N4O2. The Labute approximate surface area is 130 Å². The molecule has 1 atom stereocenters. The zero-order valence-electron chi connectivity index (χ0n) is 13.1. The van der Waals surface area contributed by atoms with Crippen LogP contribution in [0.2, 0.25) is 0 Å². The highest BCUT2D eigenvalue weighted by atomic mass is 16.2. The van der Waals surface area contributed by atoms with E-state index >= 15 is 0 Å². The van der Waals surface area contributed by atoms with E-state index in [0.717, 1.165) is 24.1 Å². The average molecular weight is 304 g/mol. The van der Waals surface area contributed by atoms with Crippen LogP contribution in [0.15, 0.2) is 18.2 Å². The van der Waals surface area contributed by atoms with Crippen molar-refractivity contribution in [3.05, 3.63) is 23.8 Å². The Morgan fingerprint density at radius 2 is 2.09 bits per heavy atom. The van der Waals surface area contributed by atoms with Crippen LogP contribution in [0, 0.1) is 5.92 Å². The molecule has 0 radical (unpaired) electrons. The van der Waals surface area contributed by atoms with Gasteiger partial charge in [-0.25, -0.2) is 0 Å². The highest BCUT2D eigenvalue weighted by molar-refractivity contribution is 5.98. The number of carbonyl (C=O) groups is 2. The topological polar surface area (TPSA) is 101 Å². The van der Waals surface area contributed by atoms with Crippen LogP contribution in [0.4, 0.5) is 11.4 Å². The van der Waals surface area contributed by atoms with E-state index in [1.54, 1.807) is 4.90 Å². The molecule has 5 N–H and O–H groups in total. The quantitative estimate of drug-likeness (QED) is 0.711. The van der Waals surface area contributed by atoms with Crippen molar-refractivity contribution >= 4 is 23.2 Å². The molecule has 2 rings (SSSR count). The van der Waals surface area contributed by atoms with Crippen LogP contribution >= 0.6 is 0 Å². The lowest BCUT2D eigenvalue weighted by Gasteiger charge is -2.30. The van der Waals surface area contributed by atoms with Gasteiger partial charge in [0, 0.05) is 17.9 Å². The van der Waals surface area contributed by atoms with Crippen molar-refractivity contribution in [3.8, 4) is 0 Å². The van der Waals surface area contributed by atoms with E-state index in [1.807, 2.05) is 32.0 Å². The summed E-state index contributed by atoms with van der Waals surface area (Å²) in [6.07, 6.45) is 1.74. The Kier molecular flexibility index (Phi) is 5.03. The lowest BCUT2D eigenvalue weighted by molar-refractivity contribution is -0.126. The summed E-state index contributed by atoms with van der Waals surface area (Å²) >= 11 is 0. The van der Waals surface area contributed by atoms with Crippen molar-refractivity contribution in [2.45, 2.75) is 32.7 Å². The van der Waals surface area contributed by atoms with Crippen LogP contribution in [0.5, 0.6) is 0 Å². The first-order valence-corrected chi connectivity index (χ1v) is 7.63. The third kappa shape index (κ3) is 3.39. The number of nitrogens with two attached hydrogens (primary N) is 2. The smallest absolute Gasteiger partial charge is 0.246 e. The van der Waals surface area contributed by atoms with E-state index in [4.69, 9.17) is 11.5 Å². The molecule has 6 nitrogen and oxygen atoms in total. The second-order valence-electron chi connectivity index (χ2n) is 5.98. The summed E-state index contributed by atoms with van der Waals surface area (Å²) in [4.78, 5) is 25.9. The van der Waals surface area contributed by atoms with E-state index in [1.165, 1.54) is 0 Å². The van der Waals surface area contributed by atoms with Crippen molar-refractivity contribution in [3.63, 3.8) is 0 Å². The molecule has 0 saturated heterocycles. The Morgan fingerprint density at radius 3 is 2.77 bits per heavy atom. The lowest BCUT2D eigenvalue weighted by atomic mass is 10.00. The lowest BCUT2D eigenvalue weighted by Crippen LogP contribution is -2.48. The van der Waals surface area contributed by atoms with Gasteiger partial charge >= 0.3 is 0 Å². The predicted octanol–water partition coefficient (Wildman–Crippen LogP) is 0.648. The van der Waals surface area contributed by atoms with Gasteiger partial charge < -0.3 is 21.7 Å². The molecule has 1 aromatic carbocycles. The molecule has 2 amide bonds. The first-order valence-electron chi connectivity index (χ1n) is 7.63. The van der Waals surface area contributed by atoms with Gasteiger partial charge in [0.25, 0.3) is 0 Å². The first-order chi connectivity index (χ1) is 10.4. The summed E-state index contributed by atoms with van der Waals surface area (Å²) in [6.45, 7) is 4.33. The number of nitrogens with zero attached hydrogens (tertiary/aromatic N) is 1. The van der Waals surface area contributed by atoms with Crippen LogP contribution in [0.1, 0.15) is 25.8 Å². The minimum Gasteiger partial charge on any atom is -0.398 e. The third-order valence-corrected chi connectivity index (χ3v) is 4.02. The summed E-state index contributed by atoms with van der Waals surface area (Å²) in [5.74, 6) is -0.408. The first kappa shape index (κ1) is 16.3. The van der Waals surface area contributed by atoms with Crippen molar-refractivity contribution in [2.24, 2.45) is 11.7 Å². The number of hydrogen-bond donors (Lipinski definition) is 3. The van der Waals surface area contributed by atoms with E-state index in [-0.39, 0.29) is 24.3 Å². The van der Waals surface area contributed by atoms with Crippen molar-refractivity contribution in [2.75, 3.05) is 23.7 Å². The number of amides is 2. The van der Waals surface area contributed by atoms with Gasteiger partial charge in [0.05, 0.1) is 12.6 Å². The maximum absolute atomic E-state index is 12.4. The Hall–Kier alpha value is -2.08. The largest absolute Gasteiger partial charge is 0.398 e. The third-order valence-electron chi connectivity index (χ3n) is 4.02. The number of carbonyl (C=O) groups excluding carboxylic acids is 2. The molecule has 120 valence electrons. The van der Waals surface area contributed by atoms with Crippen molar-refractivity contribution < 1.29 is 9.59 Å². The average Bonchev–Trinajstić information content (AvgIpc) is 2.51. The second-order valence-corrected chi connectivity index (χ2v) is 5.98. The fraction of sp³-hybridized carbons (Fsp3) is 0.500. The molecule has 6 heteroatoms. The minimum atomic E-state index is -0.600. The number of nitrogens with one attached hydrogen (secondary N) is 1. The van der Waals surface area contributed by atoms with Gasteiger partial charge in [0.1, 0.15) is 0 Å². The molecule has 0 bridgehead atoms. The molecule has 0 spiro atoms. The molecule has 0 aromatic heterocycles. The highest BCUT2D eigenvalue weighted by Crippen LogP contribution is 2.31. The van der Waals surface area contributed by atoms with E-state index < -0.39 is 6.04 Å². The molecule has 0 saturated carbocycles. The minimum absolute atomic E-state index is 0.0330. The summed E-state index contributed by atoms with van der Waals surface area (Å²) in [6, 6.07) is 4.98. The number of nitrogen functional groups attached to an aromatic ring is 1. The Morgan fingerprint density at radius 1 is 1.36 bits per heavy atom. The summed E-state index contributed by atoms with van der Waals surface area (Å²) in [5, 5.41) is 2.62. The molecule has 1 aliphatic heterocycles. The maximum atomic E-state index is 12.4. The SMILES string of the molecule is CC(C)[C@H](N)C(=O)NCC(=O)N1CCCc2c(N)cccc21. The molecule has 1 heterocycles. The highest BCUT2D eigenvalue weighted by Gasteiger charge is 2.25. The fourth-order valence-corrected chi connectivity index (χ4v) is 2.59. The standard InChI is InChI=1S/C16H24N4O2/c1-10(2)15(18)16(22)19-9-14(21)20-8-4-5-11-12(17)6-3-7-13(11)20/h3,6-7,10,15H,4-5,8-9,17-18H2,1-2H3,(H,19,22)/t15-/m0/s1. The number of hydrogen-bond acceptors (Lipinski definition) is 4. The van der Waals surface area contributed by atoms with Gasteiger partial charge in [-0.1, -0.05) is 19.9 Å². The van der Waals surface area contributed by atoms with Gasteiger partial charge in [0.2, 0.25) is 11.8 Å². The van der Waals surface area contributed by atoms with E-state index in [9.17, 15) is 9.59 Å². The molecule has 1 aromatic rings. The second kappa shape index (κ2) is 6.79. The normalized spacial score (nSPS) is 15.4. The molecule has 0 aliphatic carbocycles. The van der Waals surface area contributed by atoms with Crippen molar-refractivity contribution in [1.82, 2.24) is 5.32 Å². The number of rotatable bonds is 4. The van der Waals surface area contributed by atoms with Gasteiger partial charge in [-0.2, -0.15) is 0 Å². The molecular weight excluding hydrogens is 280 g/mol. The molecule has 1 aliphatic rings. The Balaban J connectivity index is 2.03. The van der Waals surface area contributed by atoms with E-state index in [2.05, 4.69) is 5.32 Å². The monoisotopic (exact) mass is 304 g/mol. The van der Waals surface area contributed by atoms with Gasteiger partial charge in [0.15, 0.2) is 0 Å². The van der Waals surface area contributed by atoms with Crippen LogP contribution in [-0.4, -0.2) is 30.9 Å². The van der Waals surface area contributed by atoms with Crippen LogP contribution in [-0.2, 0) is 16.0 Å². The summed E-state index contributed by atoms with van der Waals surface area (Å²) in [5.41, 5.74) is 14.3. The van der Waals surface area contributed by atoms with Gasteiger partial charge in [-0.15, -0.1) is 0 Å². The number of fused-ring (bicyclic) bond motifs is 1. The fourth-order valence-electron chi connectivity index (χ4n) is 2.59. The maximum Gasteiger partial charge on any atom is 0.246 e. The van der Waals surface area contributed by atoms with Crippen LogP contribution in [0.25, 0.3) is 0 Å². The Bertz CT molecular complexity index is 571. The molecule has 0 unspecified atom stereocenters. The zero-order valence-corrected chi connectivity index (χ0v) is 13.1.